The van der Waals surface area contributed by atoms with Gasteiger partial charge >= 0.3 is 0 Å². The second-order valence-electron chi connectivity index (χ2n) is 6.24. The molecule has 1 amide bonds. The van der Waals surface area contributed by atoms with Gasteiger partial charge in [-0.15, -0.1) is 24.0 Å². The third kappa shape index (κ3) is 9.05. The Hall–Kier alpha value is -0.570. The number of nitrogens with two attached hydrogens (primary N) is 1. The zero-order valence-corrected chi connectivity index (χ0v) is 17.9. The summed E-state index contributed by atoms with van der Waals surface area (Å²) in [4.78, 5) is 20.6. The Kier molecular flexibility index (Phi) is 13.4. The zero-order chi connectivity index (χ0) is 17.1. The van der Waals surface area contributed by atoms with E-state index in [2.05, 4.69) is 35.9 Å². The smallest absolute Gasteiger partial charge is 0.217 e. The van der Waals surface area contributed by atoms with E-state index in [1.54, 1.807) is 0 Å². The van der Waals surface area contributed by atoms with Gasteiger partial charge in [0.1, 0.15) is 0 Å². The molecule has 0 bridgehead atoms. The molecule has 1 aliphatic heterocycles. The number of carbonyl (C=O) groups excluding carboxylic acids is 1. The first-order chi connectivity index (χ1) is 11.1. The van der Waals surface area contributed by atoms with Gasteiger partial charge in [0.15, 0.2) is 5.96 Å². The van der Waals surface area contributed by atoms with Crippen LogP contribution in [0.2, 0.25) is 0 Å². The summed E-state index contributed by atoms with van der Waals surface area (Å²) in [6.07, 6.45) is 3.75. The van der Waals surface area contributed by atoms with Crippen molar-refractivity contribution >= 4 is 35.8 Å². The second-order valence-corrected chi connectivity index (χ2v) is 6.24. The Labute approximate surface area is 164 Å². The molecule has 0 aromatic rings. The van der Waals surface area contributed by atoms with Crippen LogP contribution in [-0.2, 0) is 4.79 Å². The molecule has 24 heavy (non-hydrogen) atoms. The number of hydrogen-bond donors (Lipinski definition) is 2. The molecule has 1 rings (SSSR count). The Morgan fingerprint density at radius 2 is 2.04 bits per heavy atom. The van der Waals surface area contributed by atoms with Crippen LogP contribution in [0.4, 0.5) is 0 Å². The molecule has 3 N–H and O–H groups in total. The van der Waals surface area contributed by atoms with Crippen LogP contribution < -0.4 is 11.1 Å². The van der Waals surface area contributed by atoms with Crippen LogP contribution in [0.3, 0.4) is 0 Å². The van der Waals surface area contributed by atoms with Crippen LogP contribution in [0, 0.1) is 5.92 Å². The van der Waals surface area contributed by atoms with Crippen molar-refractivity contribution in [3.05, 3.63) is 0 Å². The lowest BCUT2D eigenvalue weighted by Gasteiger charge is -2.34. The van der Waals surface area contributed by atoms with Crippen LogP contribution in [0.15, 0.2) is 4.99 Å². The van der Waals surface area contributed by atoms with E-state index in [0.29, 0.717) is 12.3 Å². The molecule has 0 aliphatic carbocycles. The van der Waals surface area contributed by atoms with Crippen molar-refractivity contribution in [2.24, 2.45) is 16.6 Å². The molecule has 0 spiro atoms. The van der Waals surface area contributed by atoms with E-state index in [9.17, 15) is 4.79 Å². The molecule has 0 radical (unpaired) electrons. The van der Waals surface area contributed by atoms with E-state index in [-0.39, 0.29) is 29.9 Å². The van der Waals surface area contributed by atoms with Gasteiger partial charge in [0, 0.05) is 32.6 Å². The third-order valence-electron chi connectivity index (χ3n) is 4.43. The van der Waals surface area contributed by atoms with Crippen molar-refractivity contribution in [3.63, 3.8) is 0 Å². The normalized spacial score (nSPS) is 18.4. The van der Waals surface area contributed by atoms with Crippen LogP contribution >= 0.6 is 24.0 Å². The maximum Gasteiger partial charge on any atom is 0.217 e. The van der Waals surface area contributed by atoms with Gasteiger partial charge in [-0.3, -0.25) is 9.79 Å². The molecule has 142 valence electrons. The molecule has 0 saturated carbocycles. The fourth-order valence-corrected chi connectivity index (χ4v) is 3.15. The maximum absolute atomic E-state index is 11.2. The van der Waals surface area contributed by atoms with Crippen LogP contribution in [-0.4, -0.2) is 67.5 Å². The summed E-state index contributed by atoms with van der Waals surface area (Å²) in [5.74, 6) is 1.15. The molecule has 1 fully saturated rings. The lowest BCUT2D eigenvalue weighted by atomic mass is 9.95. The van der Waals surface area contributed by atoms with Gasteiger partial charge in [0.25, 0.3) is 0 Å². The van der Waals surface area contributed by atoms with Crippen molar-refractivity contribution in [3.8, 4) is 0 Å². The van der Waals surface area contributed by atoms with E-state index in [0.717, 1.165) is 71.0 Å². The highest BCUT2D eigenvalue weighted by molar-refractivity contribution is 14.0. The molecule has 0 aromatic heterocycles. The number of guanidine groups is 1. The summed E-state index contributed by atoms with van der Waals surface area (Å²) >= 11 is 0. The molecule has 1 unspecified atom stereocenters. The quantitative estimate of drug-likeness (QED) is 0.242. The lowest BCUT2D eigenvalue weighted by molar-refractivity contribution is -0.119. The molecule has 1 atom stereocenters. The first-order valence-corrected chi connectivity index (χ1v) is 9.14. The molecule has 6 nitrogen and oxygen atoms in total. The fourth-order valence-electron chi connectivity index (χ4n) is 3.15. The number of halogens is 1. The van der Waals surface area contributed by atoms with Gasteiger partial charge in [-0.2, -0.15) is 0 Å². The molecule has 1 saturated heterocycles. The van der Waals surface area contributed by atoms with Gasteiger partial charge < -0.3 is 20.9 Å². The maximum atomic E-state index is 11.2. The highest BCUT2D eigenvalue weighted by Crippen LogP contribution is 2.19. The molecule has 7 heteroatoms. The molecular formula is C17H36IN5O. The van der Waals surface area contributed by atoms with Gasteiger partial charge in [-0.05, 0) is 51.7 Å². The van der Waals surface area contributed by atoms with Gasteiger partial charge in [-0.25, -0.2) is 0 Å². The first kappa shape index (κ1) is 23.4. The Morgan fingerprint density at radius 3 is 2.62 bits per heavy atom. The zero-order valence-electron chi connectivity index (χ0n) is 15.6. The number of amides is 1. The minimum absolute atomic E-state index is 0. The first-order valence-electron chi connectivity index (χ1n) is 9.14. The largest absolute Gasteiger partial charge is 0.370 e. The number of hydrogen-bond acceptors (Lipinski definition) is 3. The number of piperidine rings is 1. The van der Waals surface area contributed by atoms with E-state index >= 15 is 0 Å². The van der Waals surface area contributed by atoms with Gasteiger partial charge in [0.2, 0.25) is 5.91 Å². The number of nitrogens with zero attached hydrogens (tertiary/aromatic N) is 3. The van der Waals surface area contributed by atoms with E-state index < -0.39 is 0 Å². The van der Waals surface area contributed by atoms with E-state index in [1.807, 2.05) is 0 Å². The van der Waals surface area contributed by atoms with Crippen LogP contribution in [0.25, 0.3) is 0 Å². The Bertz CT molecular complexity index is 374. The minimum atomic E-state index is -0.196. The summed E-state index contributed by atoms with van der Waals surface area (Å²) < 4.78 is 0. The summed E-state index contributed by atoms with van der Waals surface area (Å²) in [6, 6.07) is 0. The molecule has 1 aliphatic rings. The molecule has 1 heterocycles. The topological polar surface area (TPSA) is 74.0 Å². The summed E-state index contributed by atoms with van der Waals surface area (Å²) in [5.41, 5.74) is 5.35. The predicted molar refractivity (Wildman–Crippen MR) is 112 cm³/mol. The van der Waals surface area contributed by atoms with Crippen molar-refractivity contribution in [2.75, 3.05) is 45.8 Å². The van der Waals surface area contributed by atoms with Gasteiger partial charge in [-0.1, -0.05) is 13.8 Å². The summed E-state index contributed by atoms with van der Waals surface area (Å²) in [7, 11) is 0. The number of primary amides is 1. The third-order valence-corrected chi connectivity index (χ3v) is 4.43. The standard InChI is InChI=1S/C17H35N5O.HI/c1-4-19-17(20-10-8-11-21(5-2)6-3)22-12-7-9-15(14-22)13-16(18)23;/h15H,4-14H2,1-3H3,(H2,18,23)(H,19,20);1H. The fraction of sp³-hybridized carbons (Fsp3) is 0.882. The van der Waals surface area contributed by atoms with Crippen molar-refractivity contribution in [1.29, 1.82) is 0 Å². The van der Waals surface area contributed by atoms with Gasteiger partial charge in [0.05, 0.1) is 0 Å². The summed E-state index contributed by atoms with van der Waals surface area (Å²) in [6.45, 7) is 13.4. The monoisotopic (exact) mass is 453 g/mol. The average Bonchev–Trinajstić information content (AvgIpc) is 2.53. The van der Waals surface area contributed by atoms with E-state index in [4.69, 9.17) is 10.7 Å². The van der Waals surface area contributed by atoms with Crippen molar-refractivity contribution in [2.45, 2.75) is 46.5 Å². The lowest BCUT2D eigenvalue weighted by Crippen LogP contribution is -2.47. The highest BCUT2D eigenvalue weighted by Gasteiger charge is 2.23. The van der Waals surface area contributed by atoms with Crippen LogP contribution in [0.5, 0.6) is 0 Å². The number of likely N-dealkylation sites (tertiary alicyclic amines) is 1. The minimum Gasteiger partial charge on any atom is -0.370 e. The molecular weight excluding hydrogens is 417 g/mol. The number of nitrogens with one attached hydrogen (secondary N) is 1. The molecule has 0 aromatic carbocycles. The number of aliphatic imine (C=N–C) groups is 1. The summed E-state index contributed by atoms with van der Waals surface area (Å²) in [5, 5.41) is 3.39. The predicted octanol–water partition coefficient (Wildman–Crippen LogP) is 1.89. The second kappa shape index (κ2) is 13.7. The number of rotatable bonds is 9. The van der Waals surface area contributed by atoms with Crippen molar-refractivity contribution in [1.82, 2.24) is 15.1 Å². The Balaban J connectivity index is 0.00000529. The highest BCUT2D eigenvalue weighted by atomic mass is 127. The Morgan fingerprint density at radius 1 is 1.33 bits per heavy atom. The average molecular weight is 453 g/mol. The van der Waals surface area contributed by atoms with Crippen LogP contribution in [0.1, 0.15) is 46.5 Å². The van der Waals surface area contributed by atoms with E-state index in [1.165, 1.54) is 0 Å². The van der Waals surface area contributed by atoms with Crippen molar-refractivity contribution < 1.29 is 4.79 Å². The SMILES string of the molecule is CCNC(=NCCCN(CC)CC)N1CCCC(CC(N)=O)C1.I. The number of carbonyl (C=O) groups is 1.